The first-order valence-electron chi connectivity index (χ1n) is 9.17. The van der Waals surface area contributed by atoms with Crippen molar-refractivity contribution < 1.29 is 14.3 Å². The van der Waals surface area contributed by atoms with E-state index in [1.165, 1.54) is 10.9 Å². The quantitative estimate of drug-likeness (QED) is 0.799. The summed E-state index contributed by atoms with van der Waals surface area (Å²) < 4.78 is 6.42. The first kappa shape index (κ1) is 18.9. The molecule has 2 N–H and O–H groups in total. The number of carbonyl (C=O) groups excluding carboxylic acids is 2. The van der Waals surface area contributed by atoms with Gasteiger partial charge in [-0.1, -0.05) is 6.92 Å². The molecule has 1 aromatic carbocycles. The van der Waals surface area contributed by atoms with Gasteiger partial charge >= 0.3 is 5.97 Å². The van der Waals surface area contributed by atoms with E-state index in [4.69, 9.17) is 10.5 Å². The van der Waals surface area contributed by atoms with E-state index in [1.54, 1.807) is 31.2 Å². The third kappa shape index (κ3) is 3.95. The fourth-order valence-corrected chi connectivity index (χ4v) is 3.12. The molecule has 0 radical (unpaired) electrons. The third-order valence-corrected chi connectivity index (χ3v) is 4.77. The van der Waals surface area contributed by atoms with Crippen LogP contribution in [0.5, 0.6) is 0 Å². The highest BCUT2D eigenvalue weighted by molar-refractivity contribution is 5.95. The average molecular weight is 371 g/mol. The van der Waals surface area contributed by atoms with Crippen LogP contribution in [0.25, 0.3) is 5.69 Å². The van der Waals surface area contributed by atoms with Gasteiger partial charge in [0, 0.05) is 31.7 Å². The highest BCUT2D eigenvalue weighted by Crippen LogP contribution is 2.19. The number of amides is 1. The lowest BCUT2D eigenvalue weighted by Crippen LogP contribution is -2.48. The number of piperazine rings is 1. The number of nitrogens with zero attached hydrogens (tertiary/aromatic N) is 4. The van der Waals surface area contributed by atoms with Crippen LogP contribution in [0.15, 0.2) is 30.5 Å². The first-order valence-corrected chi connectivity index (χ1v) is 9.17. The topological polar surface area (TPSA) is 93.7 Å². The number of esters is 1. The Bertz CT molecular complexity index is 807. The normalized spacial score (nSPS) is 15.0. The van der Waals surface area contributed by atoms with Gasteiger partial charge in [0.2, 0.25) is 0 Å². The highest BCUT2D eigenvalue weighted by Gasteiger charge is 2.22. The zero-order chi connectivity index (χ0) is 19.4. The van der Waals surface area contributed by atoms with Gasteiger partial charge in [0.1, 0.15) is 11.4 Å². The number of nitrogen functional groups attached to an aromatic ring is 1. The van der Waals surface area contributed by atoms with Crippen LogP contribution in [-0.2, 0) is 4.74 Å². The summed E-state index contributed by atoms with van der Waals surface area (Å²) in [5.74, 6) is -0.263. The summed E-state index contributed by atoms with van der Waals surface area (Å²) in [5.41, 5.74) is 7.56. The van der Waals surface area contributed by atoms with Crippen LogP contribution in [0.2, 0.25) is 0 Å². The van der Waals surface area contributed by atoms with Crippen molar-refractivity contribution in [2.45, 2.75) is 13.8 Å². The molecule has 0 aliphatic carbocycles. The van der Waals surface area contributed by atoms with Gasteiger partial charge in [-0.2, -0.15) is 5.10 Å². The van der Waals surface area contributed by atoms with E-state index >= 15 is 0 Å². The van der Waals surface area contributed by atoms with E-state index in [9.17, 15) is 9.59 Å². The van der Waals surface area contributed by atoms with Gasteiger partial charge in [-0.3, -0.25) is 4.79 Å². The SMILES string of the molecule is CCOC(=O)c1cnn(-c2ccc(C(=O)N3CCN(CC)CC3)cc2)c1N. The molecule has 0 unspecified atom stereocenters. The standard InChI is InChI=1S/C19H25N5O3/c1-3-22-9-11-23(12-10-22)18(25)14-5-7-15(8-6-14)24-17(20)16(13-21-24)19(26)27-4-2/h5-8,13H,3-4,9-12,20H2,1-2H3. The van der Waals surface area contributed by atoms with Gasteiger partial charge in [0.25, 0.3) is 5.91 Å². The maximum atomic E-state index is 12.7. The van der Waals surface area contributed by atoms with Crippen molar-refractivity contribution >= 4 is 17.7 Å². The molecule has 0 atom stereocenters. The molecule has 2 aromatic rings. The molecular weight excluding hydrogens is 346 g/mol. The van der Waals surface area contributed by atoms with Gasteiger partial charge < -0.3 is 20.3 Å². The first-order chi connectivity index (χ1) is 13.0. The third-order valence-electron chi connectivity index (χ3n) is 4.77. The van der Waals surface area contributed by atoms with Crippen molar-refractivity contribution in [3.05, 3.63) is 41.6 Å². The molecule has 1 amide bonds. The average Bonchev–Trinajstić information content (AvgIpc) is 3.09. The maximum absolute atomic E-state index is 12.7. The minimum absolute atomic E-state index is 0.0259. The van der Waals surface area contributed by atoms with Gasteiger partial charge in [-0.25, -0.2) is 9.48 Å². The molecule has 8 nitrogen and oxygen atoms in total. The van der Waals surface area contributed by atoms with E-state index in [-0.39, 0.29) is 23.9 Å². The number of ether oxygens (including phenoxy) is 1. The van der Waals surface area contributed by atoms with Crippen molar-refractivity contribution in [3.63, 3.8) is 0 Å². The second-order valence-electron chi connectivity index (χ2n) is 6.35. The van der Waals surface area contributed by atoms with Crippen molar-refractivity contribution in [2.24, 2.45) is 0 Å². The van der Waals surface area contributed by atoms with Crippen molar-refractivity contribution in [1.82, 2.24) is 19.6 Å². The van der Waals surface area contributed by atoms with Gasteiger partial charge in [-0.15, -0.1) is 0 Å². The molecule has 0 spiro atoms. The molecule has 1 saturated heterocycles. The van der Waals surface area contributed by atoms with Crippen molar-refractivity contribution in [3.8, 4) is 5.69 Å². The number of anilines is 1. The Morgan fingerprint density at radius 2 is 1.78 bits per heavy atom. The van der Waals surface area contributed by atoms with Crippen LogP contribution in [0.3, 0.4) is 0 Å². The largest absolute Gasteiger partial charge is 0.462 e. The van der Waals surface area contributed by atoms with Crippen molar-refractivity contribution in [1.29, 1.82) is 0 Å². The number of nitrogens with two attached hydrogens (primary N) is 1. The van der Waals surface area contributed by atoms with Crippen LogP contribution < -0.4 is 5.73 Å². The van der Waals surface area contributed by atoms with E-state index in [0.29, 0.717) is 11.3 Å². The molecule has 144 valence electrons. The molecule has 1 aromatic heterocycles. The Morgan fingerprint density at radius 3 is 2.37 bits per heavy atom. The Kier molecular flexibility index (Phi) is 5.75. The monoisotopic (exact) mass is 371 g/mol. The number of carbonyl (C=O) groups is 2. The van der Waals surface area contributed by atoms with Gasteiger partial charge in [0.05, 0.1) is 18.5 Å². The molecule has 3 rings (SSSR count). The minimum atomic E-state index is -0.501. The molecule has 1 aliphatic heterocycles. The predicted octanol–water partition coefficient (Wildman–Crippen LogP) is 1.41. The summed E-state index contributed by atoms with van der Waals surface area (Å²) in [6, 6.07) is 7.06. The number of likely N-dealkylation sites (N-methyl/N-ethyl adjacent to an activating group) is 1. The van der Waals surface area contributed by atoms with E-state index in [1.807, 2.05) is 4.90 Å². The van der Waals surface area contributed by atoms with Gasteiger partial charge in [-0.05, 0) is 37.7 Å². The van der Waals surface area contributed by atoms with Crippen molar-refractivity contribution in [2.75, 3.05) is 45.1 Å². The lowest BCUT2D eigenvalue weighted by atomic mass is 10.1. The number of benzene rings is 1. The van der Waals surface area contributed by atoms with Crippen LogP contribution >= 0.6 is 0 Å². The molecule has 1 fully saturated rings. The Balaban J connectivity index is 1.72. The lowest BCUT2D eigenvalue weighted by Gasteiger charge is -2.34. The number of rotatable bonds is 5. The summed E-state index contributed by atoms with van der Waals surface area (Å²) in [4.78, 5) is 28.7. The lowest BCUT2D eigenvalue weighted by molar-refractivity contribution is 0.0527. The molecule has 2 heterocycles. The summed E-state index contributed by atoms with van der Waals surface area (Å²) in [6.45, 7) is 8.43. The zero-order valence-corrected chi connectivity index (χ0v) is 15.7. The molecule has 8 heteroatoms. The Morgan fingerprint density at radius 1 is 1.11 bits per heavy atom. The second-order valence-corrected chi connectivity index (χ2v) is 6.35. The zero-order valence-electron chi connectivity index (χ0n) is 15.7. The smallest absolute Gasteiger partial charge is 0.343 e. The Labute approximate surface area is 158 Å². The maximum Gasteiger partial charge on any atom is 0.343 e. The van der Waals surface area contributed by atoms with E-state index < -0.39 is 5.97 Å². The summed E-state index contributed by atoms with van der Waals surface area (Å²) in [6.07, 6.45) is 1.39. The minimum Gasteiger partial charge on any atom is -0.462 e. The molecular formula is C19H25N5O3. The van der Waals surface area contributed by atoms with Crippen LogP contribution in [0.4, 0.5) is 5.82 Å². The summed E-state index contributed by atoms with van der Waals surface area (Å²) in [7, 11) is 0. The second kappa shape index (κ2) is 8.22. The number of hydrogen-bond donors (Lipinski definition) is 1. The molecule has 1 aliphatic rings. The van der Waals surface area contributed by atoms with Crippen LogP contribution in [-0.4, -0.2) is 70.8 Å². The highest BCUT2D eigenvalue weighted by atomic mass is 16.5. The fraction of sp³-hybridized carbons (Fsp3) is 0.421. The fourth-order valence-electron chi connectivity index (χ4n) is 3.12. The summed E-state index contributed by atoms with van der Waals surface area (Å²) >= 11 is 0. The Hall–Kier alpha value is -2.87. The number of aromatic nitrogens is 2. The molecule has 0 bridgehead atoms. The molecule has 0 saturated carbocycles. The summed E-state index contributed by atoms with van der Waals surface area (Å²) in [5, 5.41) is 4.16. The van der Waals surface area contributed by atoms with Crippen LogP contribution in [0, 0.1) is 0 Å². The number of hydrogen-bond acceptors (Lipinski definition) is 6. The van der Waals surface area contributed by atoms with E-state index in [2.05, 4.69) is 16.9 Å². The van der Waals surface area contributed by atoms with Gasteiger partial charge in [0.15, 0.2) is 0 Å². The van der Waals surface area contributed by atoms with E-state index in [0.717, 1.165) is 32.7 Å². The molecule has 27 heavy (non-hydrogen) atoms. The van der Waals surface area contributed by atoms with Crippen LogP contribution in [0.1, 0.15) is 34.6 Å². The predicted molar refractivity (Wildman–Crippen MR) is 102 cm³/mol.